The molecule has 9 atom stereocenters. The summed E-state index contributed by atoms with van der Waals surface area (Å²) in [6.07, 6.45) is 8.92. The number of ether oxygens (including phenoxy) is 2. The van der Waals surface area contributed by atoms with E-state index in [4.69, 9.17) is 13.9 Å². The summed E-state index contributed by atoms with van der Waals surface area (Å²) in [4.78, 5) is 53.0. The zero-order valence-electron chi connectivity index (χ0n) is 24.9. The normalized spacial score (nSPS) is 40.4. The lowest BCUT2D eigenvalue weighted by atomic mass is 9.38. The summed E-state index contributed by atoms with van der Waals surface area (Å²) in [6.45, 7) is 15.4. The number of carbonyl (C=O) groups excluding carboxylic acids is 4. The van der Waals surface area contributed by atoms with Crippen LogP contribution in [0.15, 0.2) is 46.8 Å². The fourth-order valence-electron chi connectivity index (χ4n) is 9.12. The topological polar surface area (TPSA) is 99.9 Å². The van der Waals surface area contributed by atoms with E-state index in [2.05, 4.69) is 20.8 Å². The Morgan fingerprint density at radius 2 is 1.82 bits per heavy atom. The highest BCUT2D eigenvalue weighted by Crippen LogP contribution is 2.73. The third kappa shape index (κ3) is 3.82. The number of allylic oxidation sites excluding steroid dienone is 3. The second-order valence-corrected chi connectivity index (χ2v) is 13.8. The molecule has 2 saturated carbocycles. The molecule has 0 saturated heterocycles. The summed E-state index contributed by atoms with van der Waals surface area (Å²) in [7, 11) is 0. The average molecular weight is 551 g/mol. The van der Waals surface area contributed by atoms with E-state index in [0.717, 1.165) is 11.1 Å². The molecule has 1 heterocycles. The number of rotatable bonds is 5. The van der Waals surface area contributed by atoms with Crippen LogP contribution in [0.3, 0.4) is 0 Å². The van der Waals surface area contributed by atoms with E-state index in [-0.39, 0.29) is 35.3 Å². The SMILES string of the molecule is CC[C@@H](C)C(=O)O[C@@H]1C[C@H]2C(C)(C)C(=O)C=C[C@]2(C)[C@H]2[C@@H](OC(C)=O)C[C@]3(C)C(=CC(=O)[C@H]3c3ccoc3)[C@@]21C. The second-order valence-electron chi connectivity index (χ2n) is 13.8. The molecule has 0 amide bonds. The van der Waals surface area contributed by atoms with Crippen LogP contribution in [0.2, 0.25) is 0 Å². The summed E-state index contributed by atoms with van der Waals surface area (Å²) >= 11 is 0. The molecule has 0 bridgehead atoms. The number of ketones is 2. The molecule has 2 fully saturated rings. The van der Waals surface area contributed by atoms with Crippen molar-refractivity contribution in [3.63, 3.8) is 0 Å². The summed E-state index contributed by atoms with van der Waals surface area (Å²) in [5.74, 6) is -2.00. The van der Waals surface area contributed by atoms with Gasteiger partial charge in [-0.3, -0.25) is 19.2 Å². The molecule has 5 rings (SSSR count). The van der Waals surface area contributed by atoms with Gasteiger partial charge in [0, 0.05) is 34.7 Å². The Kier molecular flexibility index (Phi) is 6.63. The Morgan fingerprint density at radius 3 is 2.42 bits per heavy atom. The lowest BCUT2D eigenvalue weighted by Gasteiger charge is -2.67. The molecule has 40 heavy (non-hydrogen) atoms. The predicted molar refractivity (Wildman–Crippen MR) is 148 cm³/mol. The minimum absolute atomic E-state index is 0.0312. The van der Waals surface area contributed by atoms with Crippen molar-refractivity contribution >= 4 is 23.5 Å². The van der Waals surface area contributed by atoms with Gasteiger partial charge in [-0.2, -0.15) is 0 Å². The largest absolute Gasteiger partial charge is 0.472 e. The van der Waals surface area contributed by atoms with Crippen molar-refractivity contribution < 1.29 is 33.1 Å². The Bertz CT molecular complexity index is 1300. The Labute approximate surface area is 236 Å². The molecule has 7 nitrogen and oxygen atoms in total. The maximum Gasteiger partial charge on any atom is 0.308 e. The van der Waals surface area contributed by atoms with Crippen LogP contribution in [0.25, 0.3) is 0 Å². The number of esters is 2. The molecule has 1 aromatic heterocycles. The third-order valence-electron chi connectivity index (χ3n) is 11.2. The van der Waals surface area contributed by atoms with Gasteiger partial charge in [-0.05, 0) is 54.4 Å². The molecule has 0 aliphatic heterocycles. The summed E-state index contributed by atoms with van der Waals surface area (Å²) in [6, 6.07) is 1.82. The van der Waals surface area contributed by atoms with E-state index >= 15 is 0 Å². The molecular weight excluding hydrogens is 508 g/mol. The first kappa shape index (κ1) is 28.6. The van der Waals surface area contributed by atoms with Crippen molar-refractivity contribution in [2.75, 3.05) is 0 Å². The summed E-state index contributed by atoms with van der Waals surface area (Å²) < 4.78 is 18.0. The standard InChI is InChI=1S/C33H42O7/c1-9-18(2)29(37)40-26-15-23-30(4,5)25(36)10-12-31(23,6)28-22(39-19(3)34)16-32(7)24(33(26,28)8)14-21(35)27(32)20-11-13-38-17-20/h10-14,17-18,22-23,26-28H,9,15-16H2,1-8H3/t18-,22+,23+,26-,27-,28-,31+,32-,33-/m1/s1. The lowest BCUT2D eigenvalue weighted by Crippen LogP contribution is -2.68. The van der Waals surface area contributed by atoms with Gasteiger partial charge in [0.15, 0.2) is 11.6 Å². The smallest absolute Gasteiger partial charge is 0.308 e. The van der Waals surface area contributed by atoms with Crippen LogP contribution in [0.4, 0.5) is 0 Å². The maximum atomic E-state index is 13.8. The van der Waals surface area contributed by atoms with Crippen molar-refractivity contribution in [2.45, 2.75) is 92.8 Å². The van der Waals surface area contributed by atoms with Crippen LogP contribution >= 0.6 is 0 Å². The van der Waals surface area contributed by atoms with Crippen molar-refractivity contribution in [1.82, 2.24) is 0 Å². The Morgan fingerprint density at radius 1 is 1.12 bits per heavy atom. The third-order valence-corrected chi connectivity index (χ3v) is 11.2. The van der Waals surface area contributed by atoms with Crippen LogP contribution in [-0.4, -0.2) is 35.7 Å². The number of furan rings is 1. The van der Waals surface area contributed by atoms with Gasteiger partial charge in [0.25, 0.3) is 0 Å². The summed E-state index contributed by atoms with van der Waals surface area (Å²) in [5.41, 5.74) is -1.11. The molecule has 0 unspecified atom stereocenters. The molecule has 1 aromatic rings. The lowest BCUT2D eigenvalue weighted by molar-refractivity contribution is -0.218. The molecule has 7 heteroatoms. The van der Waals surface area contributed by atoms with E-state index < -0.39 is 45.8 Å². The molecule has 4 aliphatic carbocycles. The minimum Gasteiger partial charge on any atom is -0.472 e. The highest BCUT2D eigenvalue weighted by molar-refractivity contribution is 6.01. The van der Waals surface area contributed by atoms with Crippen molar-refractivity contribution in [3.05, 3.63) is 48.0 Å². The van der Waals surface area contributed by atoms with E-state index in [1.165, 1.54) is 6.92 Å². The first-order valence-corrected chi connectivity index (χ1v) is 14.5. The van der Waals surface area contributed by atoms with Gasteiger partial charge >= 0.3 is 11.9 Å². The van der Waals surface area contributed by atoms with E-state index in [1.807, 2.05) is 39.8 Å². The Hall–Kier alpha value is -2.96. The zero-order chi connectivity index (χ0) is 29.4. The van der Waals surface area contributed by atoms with Crippen LogP contribution < -0.4 is 0 Å². The van der Waals surface area contributed by atoms with E-state index in [9.17, 15) is 19.2 Å². The molecule has 0 N–H and O–H groups in total. The minimum atomic E-state index is -0.837. The number of hydrogen-bond acceptors (Lipinski definition) is 7. The van der Waals surface area contributed by atoms with Gasteiger partial charge in [0.05, 0.1) is 24.4 Å². The van der Waals surface area contributed by atoms with Crippen molar-refractivity contribution in [2.24, 2.45) is 39.4 Å². The van der Waals surface area contributed by atoms with Gasteiger partial charge in [0.2, 0.25) is 0 Å². The van der Waals surface area contributed by atoms with Crippen LogP contribution in [0.5, 0.6) is 0 Å². The van der Waals surface area contributed by atoms with Gasteiger partial charge in [-0.25, -0.2) is 0 Å². The Balaban J connectivity index is 1.75. The maximum absolute atomic E-state index is 13.8. The molecular formula is C33H42O7. The monoisotopic (exact) mass is 550 g/mol. The highest BCUT2D eigenvalue weighted by atomic mass is 16.6. The predicted octanol–water partition coefficient (Wildman–Crippen LogP) is 5.99. The highest BCUT2D eigenvalue weighted by Gasteiger charge is 2.72. The number of hydrogen-bond donors (Lipinski definition) is 0. The van der Waals surface area contributed by atoms with Crippen molar-refractivity contribution in [1.29, 1.82) is 0 Å². The van der Waals surface area contributed by atoms with E-state index in [0.29, 0.717) is 19.3 Å². The first-order chi connectivity index (χ1) is 18.6. The molecule has 216 valence electrons. The average Bonchev–Trinajstić information content (AvgIpc) is 3.47. The zero-order valence-corrected chi connectivity index (χ0v) is 24.9. The molecule has 0 radical (unpaired) electrons. The van der Waals surface area contributed by atoms with Gasteiger partial charge in [-0.1, -0.05) is 54.5 Å². The van der Waals surface area contributed by atoms with Gasteiger partial charge < -0.3 is 13.9 Å². The van der Waals surface area contributed by atoms with Gasteiger partial charge in [-0.15, -0.1) is 0 Å². The fraction of sp³-hybridized carbons (Fsp3) is 0.636. The van der Waals surface area contributed by atoms with Crippen LogP contribution in [-0.2, 0) is 28.7 Å². The second kappa shape index (κ2) is 9.28. The molecule has 0 aromatic carbocycles. The number of fused-ring (bicyclic) bond motifs is 5. The quantitative estimate of drug-likeness (QED) is 0.416. The molecule has 4 aliphatic rings. The number of carbonyl (C=O) groups is 4. The van der Waals surface area contributed by atoms with Crippen LogP contribution in [0, 0.1) is 39.4 Å². The van der Waals surface area contributed by atoms with Gasteiger partial charge in [0.1, 0.15) is 12.2 Å². The van der Waals surface area contributed by atoms with Crippen LogP contribution in [0.1, 0.15) is 86.1 Å². The molecule has 0 spiro atoms. The van der Waals surface area contributed by atoms with E-state index in [1.54, 1.807) is 24.7 Å². The summed E-state index contributed by atoms with van der Waals surface area (Å²) in [5, 5.41) is 0. The van der Waals surface area contributed by atoms with Crippen molar-refractivity contribution in [3.8, 4) is 0 Å². The first-order valence-electron chi connectivity index (χ1n) is 14.5. The fourth-order valence-corrected chi connectivity index (χ4v) is 9.12.